The lowest BCUT2D eigenvalue weighted by Gasteiger charge is -2.17. The summed E-state index contributed by atoms with van der Waals surface area (Å²) in [5, 5.41) is 8.73. The van der Waals surface area contributed by atoms with E-state index in [0.717, 1.165) is 62.0 Å². The molecule has 0 aliphatic carbocycles. The Morgan fingerprint density at radius 1 is 0.848 bits per heavy atom. The number of nitrogens with one attached hydrogen (secondary N) is 3. The molecule has 0 spiro atoms. The molecule has 1 amide bonds. The monoisotopic (exact) mass is 429 g/mol. The van der Waals surface area contributed by atoms with Crippen LogP contribution in [0.25, 0.3) is 38.6 Å². The van der Waals surface area contributed by atoms with Gasteiger partial charge in [0.25, 0.3) is 5.91 Å². The van der Waals surface area contributed by atoms with Gasteiger partial charge in [-0.05, 0) is 52.9 Å². The van der Waals surface area contributed by atoms with Crippen LogP contribution in [0.4, 0.5) is 5.69 Å². The molecule has 3 N–H and O–H groups in total. The standard InChI is InChI=1S/C29H23N3O/c1-18(19-6-3-2-4-7-19)31-27-9-5-8-24-25-17-21(11-13-26(25)32-28(24)27)20-10-12-23-22(16-20)14-15-30-29(23)33/h2-13,16-17,31-32H,1,14-15H2,(H,30,33). The van der Waals surface area contributed by atoms with Gasteiger partial charge in [-0.25, -0.2) is 0 Å². The Balaban J connectivity index is 1.41. The van der Waals surface area contributed by atoms with E-state index in [-0.39, 0.29) is 5.91 Å². The molecule has 1 aliphatic heterocycles. The Kier molecular flexibility index (Phi) is 4.51. The third-order valence-electron chi connectivity index (χ3n) is 6.40. The highest BCUT2D eigenvalue weighted by atomic mass is 16.1. The molecule has 5 aromatic rings. The van der Waals surface area contributed by atoms with Crippen molar-refractivity contribution in [3.05, 3.63) is 108 Å². The van der Waals surface area contributed by atoms with Crippen molar-refractivity contribution in [2.24, 2.45) is 0 Å². The number of para-hydroxylation sites is 1. The SMILES string of the molecule is C=C(Nc1cccc2c1[nH]c1ccc(-c3ccc4c(c3)CCNC4=O)cc12)c1ccccc1. The number of rotatable bonds is 4. The van der Waals surface area contributed by atoms with Crippen molar-refractivity contribution in [3.8, 4) is 11.1 Å². The molecule has 2 heterocycles. The van der Waals surface area contributed by atoms with Crippen molar-refractivity contribution in [3.63, 3.8) is 0 Å². The van der Waals surface area contributed by atoms with Crippen molar-refractivity contribution >= 4 is 39.1 Å². The maximum Gasteiger partial charge on any atom is 0.251 e. The number of carbonyl (C=O) groups excluding carboxylic acids is 1. The van der Waals surface area contributed by atoms with Crippen LogP contribution in [0.15, 0.2) is 91.5 Å². The minimum Gasteiger partial charge on any atom is -0.354 e. The van der Waals surface area contributed by atoms with Crippen LogP contribution in [0.2, 0.25) is 0 Å². The van der Waals surface area contributed by atoms with Crippen LogP contribution >= 0.6 is 0 Å². The number of aromatic nitrogens is 1. The Morgan fingerprint density at radius 3 is 2.55 bits per heavy atom. The number of H-pyrrole nitrogens is 1. The van der Waals surface area contributed by atoms with Crippen LogP contribution in [0.5, 0.6) is 0 Å². The van der Waals surface area contributed by atoms with E-state index in [0.29, 0.717) is 6.54 Å². The lowest BCUT2D eigenvalue weighted by Crippen LogP contribution is -2.31. The van der Waals surface area contributed by atoms with Crippen LogP contribution in [0, 0.1) is 0 Å². The van der Waals surface area contributed by atoms with E-state index in [2.05, 4.69) is 76.8 Å². The number of fused-ring (bicyclic) bond motifs is 4. The predicted octanol–water partition coefficient (Wildman–Crippen LogP) is 6.36. The number of hydrogen-bond acceptors (Lipinski definition) is 2. The summed E-state index contributed by atoms with van der Waals surface area (Å²) in [4.78, 5) is 15.7. The van der Waals surface area contributed by atoms with Crippen LogP contribution in [0.3, 0.4) is 0 Å². The third kappa shape index (κ3) is 3.37. The maximum absolute atomic E-state index is 12.1. The lowest BCUT2D eigenvalue weighted by atomic mass is 9.94. The quantitative estimate of drug-likeness (QED) is 0.311. The van der Waals surface area contributed by atoms with Gasteiger partial charge < -0.3 is 15.6 Å². The average molecular weight is 430 g/mol. The van der Waals surface area contributed by atoms with Crippen molar-refractivity contribution in [1.29, 1.82) is 0 Å². The Bertz CT molecular complexity index is 1550. The molecule has 0 saturated heterocycles. The van der Waals surface area contributed by atoms with Gasteiger partial charge in [-0.15, -0.1) is 0 Å². The van der Waals surface area contributed by atoms with Gasteiger partial charge in [0.1, 0.15) is 0 Å². The molecule has 0 atom stereocenters. The Morgan fingerprint density at radius 2 is 1.67 bits per heavy atom. The van der Waals surface area contributed by atoms with E-state index >= 15 is 0 Å². The summed E-state index contributed by atoms with van der Waals surface area (Å²) in [5.41, 5.74) is 9.24. The minimum absolute atomic E-state index is 0.0204. The number of hydrogen-bond donors (Lipinski definition) is 3. The zero-order valence-corrected chi connectivity index (χ0v) is 18.1. The first-order valence-electron chi connectivity index (χ1n) is 11.1. The van der Waals surface area contributed by atoms with E-state index in [1.165, 1.54) is 5.39 Å². The molecule has 33 heavy (non-hydrogen) atoms. The normalized spacial score (nSPS) is 13.0. The van der Waals surface area contributed by atoms with E-state index in [1.54, 1.807) is 0 Å². The fraction of sp³-hybridized carbons (Fsp3) is 0.0690. The van der Waals surface area contributed by atoms with E-state index in [1.807, 2.05) is 30.3 Å². The summed E-state index contributed by atoms with van der Waals surface area (Å²) in [6.45, 7) is 4.92. The van der Waals surface area contributed by atoms with Crippen LogP contribution < -0.4 is 10.6 Å². The molecule has 4 heteroatoms. The van der Waals surface area contributed by atoms with Crippen molar-refractivity contribution in [2.45, 2.75) is 6.42 Å². The lowest BCUT2D eigenvalue weighted by molar-refractivity contribution is 0.0946. The second-order valence-electron chi connectivity index (χ2n) is 8.46. The number of carbonyl (C=O) groups is 1. The predicted molar refractivity (Wildman–Crippen MR) is 136 cm³/mol. The van der Waals surface area contributed by atoms with Gasteiger partial charge in [0.15, 0.2) is 0 Å². The second kappa shape index (κ2) is 7.68. The van der Waals surface area contributed by atoms with E-state index < -0.39 is 0 Å². The molecule has 0 saturated carbocycles. The highest BCUT2D eigenvalue weighted by Crippen LogP contribution is 2.35. The molecular weight excluding hydrogens is 406 g/mol. The molecule has 4 aromatic carbocycles. The van der Waals surface area contributed by atoms with Gasteiger partial charge >= 0.3 is 0 Å². The van der Waals surface area contributed by atoms with Gasteiger partial charge in [-0.1, -0.05) is 67.2 Å². The zero-order valence-electron chi connectivity index (χ0n) is 18.1. The van der Waals surface area contributed by atoms with E-state index in [9.17, 15) is 4.79 Å². The largest absolute Gasteiger partial charge is 0.354 e. The van der Waals surface area contributed by atoms with Crippen LogP contribution in [-0.4, -0.2) is 17.4 Å². The fourth-order valence-corrected chi connectivity index (χ4v) is 4.69. The van der Waals surface area contributed by atoms with Gasteiger partial charge in [0.05, 0.1) is 11.2 Å². The summed E-state index contributed by atoms with van der Waals surface area (Å²) >= 11 is 0. The molecular formula is C29H23N3O. The summed E-state index contributed by atoms with van der Waals surface area (Å²) in [7, 11) is 0. The average Bonchev–Trinajstić information content (AvgIpc) is 3.23. The van der Waals surface area contributed by atoms with Gasteiger partial charge in [0.2, 0.25) is 0 Å². The van der Waals surface area contributed by atoms with Gasteiger partial charge in [-0.3, -0.25) is 4.79 Å². The Labute approximate surface area is 192 Å². The molecule has 0 fully saturated rings. The highest BCUT2D eigenvalue weighted by Gasteiger charge is 2.17. The molecule has 160 valence electrons. The molecule has 1 aliphatic rings. The topological polar surface area (TPSA) is 56.9 Å². The molecule has 1 aromatic heterocycles. The fourth-order valence-electron chi connectivity index (χ4n) is 4.69. The molecule has 0 unspecified atom stereocenters. The first-order valence-corrected chi connectivity index (χ1v) is 11.1. The number of amides is 1. The highest BCUT2D eigenvalue weighted by molar-refractivity contribution is 6.13. The van der Waals surface area contributed by atoms with Crippen molar-refractivity contribution in [2.75, 3.05) is 11.9 Å². The summed E-state index contributed by atoms with van der Waals surface area (Å²) < 4.78 is 0. The molecule has 6 rings (SSSR count). The van der Waals surface area contributed by atoms with Crippen molar-refractivity contribution < 1.29 is 4.79 Å². The zero-order chi connectivity index (χ0) is 22.4. The van der Waals surface area contributed by atoms with Crippen LogP contribution in [-0.2, 0) is 6.42 Å². The molecule has 0 radical (unpaired) electrons. The van der Waals surface area contributed by atoms with Gasteiger partial charge in [-0.2, -0.15) is 0 Å². The second-order valence-corrected chi connectivity index (χ2v) is 8.46. The molecule has 0 bridgehead atoms. The summed E-state index contributed by atoms with van der Waals surface area (Å²) in [5.74, 6) is 0.0204. The molecule has 4 nitrogen and oxygen atoms in total. The third-order valence-corrected chi connectivity index (χ3v) is 6.40. The van der Waals surface area contributed by atoms with Gasteiger partial charge in [0, 0.05) is 34.1 Å². The minimum atomic E-state index is 0.0204. The Hall–Kier alpha value is -4.31. The first kappa shape index (κ1) is 19.4. The van der Waals surface area contributed by atoms with Crippen molar-refractivity contribution in [1.82, 2.24) is 10.3 Å². The first-order chi connectivity index (χ1) is 16.2. The number of aromatic amines is 1. The summed E-state index contributed by atoms with van der Waals surface area (Å²) in [6, 6.07) is 29.1. The number of benzene rings is 4. The van der Waals surface area contributed by atoms with Crippen LogP contribution in [0.1, 0.15) is 21.5 Å². The maximum atomic E-state index is 12.1. The smallest absolute Gasteiger partial charge is 0.251 e. The summed E-state index contributed by atoms with van der Waals surface area (Å²) in [6.07, 6.45) is 0.866. The number of anilines is 1. The van der Waals surface area contributed by atoms with E-state index in [4.69, 9.17) is 0 Å².